The van der Waals surface area contributed by atoms with Crippen LogP contribution in [0.4, 0.5) is 61.9 Å². The zero-order valence-electron chi connectivity index (χ0n) is 25.2. The quantitative estimate of drug-likeness (QED) is 0.160. The first-order valence-electron chi connectivity index (χ1n) is 14.0. The number of rotatable bonds is 18. The number of amides is 2. The van der Waals surface area contributed by atoms with E-state index in [0.717, 1.165) is 0 Å². The molecule has 0 heterocycles. The Kier molecular flexibility index (Phi) is 13.2. The van der Waals surface area contributed by atoms with Crippen LogP contribution in [0.3, 0.4) is 0 Å². The number of hydrogen-bond acceptors (Lipinski definition) is 4. The smallest absolute Gasteiger partial charge is 0.460 e. The van der Waals surface area contributed by atoms with E-state index in [1.807, 2.05) is 5.32 Å². The fourth-order valence-electron chi connectivity index (χ4n) is 4.09. The maximum absolute atomic E-state index is 14.7. The van der Waals surface area contributed by atoms with Crippen molar-refractivity contribution in [2.45, 2.75) is 61.7 Å². The molecule has 0 aromatic heterocycles. The van der Waals surface area contributed by atoms with Gasteiger partial charge in [0.25, 0.3) is 0 Å². The number of urea groups is 1. The number of nitrogens with one attached hydrogen (secondary N) is 1. The maximum atomic E-state index is 14.7. The molecule has 0 radical (unpaired) electrons. The van der Waals surface area contributed by atoms with Gasteiger partial charge in [-0.15, -0.1) is 0 Å². The minimum absolute atomic E-state index is 0.0126. The van der Waals surface area contributed by atoms with Crippen LogP contribution in [0.5, 0.6) is 5.75 Å². The molecule has 2 aromatic rings. The highest BCUT2D eigenvalue weighted by molar-refractivity contribution is 5.74. The van der Waals surface area contributed by atoms with Crippen molar-refractivity contribution in [1.82, 2.24) is 10.2 Å². The minimum Gasteiger partial charge on any atom is -0.492 e. The summed E-state index contributed by atoms with van der Waals surface area (Å²) in [7, 11) is 0. The van der Waals surface area contributed by atoms with Crippen molar-refractivity contribution in [3.05, 3.63) is 65.7 Å². The monoisotopic (exact) mass is 732 g/mol. The summed E-state index contributed by atoms with van der Waals surface area (Å²) < 4.78 is 188. The second-order valence-electron chi connectivity index (χ2n) is 10.4. The van der Waals surface area contributed by atoms with Gasteiger partial charge in [-0.2, -0.15) is 57.1 Å². The molecule has 276 valence electrons. The molecule has 20 heteroatoms. The molecule has 0 saturated heterocycles. The fourth-order valence-corrected chi connectivity index (χ4v) is 4.09. The Balaban J connectivity index is 2.28. The Labute approximate surface area is 269 Å². The van der Waals surface area contributed by atoms with Gasteiger partial charge in [-0.05, 0) is 36.6 Å². The zero-order valence-corrected chi connectivity index (χ0v) is 25.2. The van der Waals surface area contributed by atoms with Gasteiger partial charge < -0.3 is 24.8 Å². The lowest BCUT2D eigenvalue weighted by molar-refractivity contribution is -0.439. The molecule has 7 nitrogen and oxygen atoms in total. The topological polar surface area (TPSA) is 88.1 Å². The van der Waals surface area contributed by atoms with E-state index in [2.05, 4.69) is 0 Å². The predicted molar refractivity (Wildman–Crippen MR) is 145 cm³/mol. The summed E-state index contributed by atoms with van der Waals surface area (Å²) in [6.07, 6.45) is -8.84. The summed E-state index contributed by atoms with van der Waals surface area (Å²) in [5.74, 6) is -39.4. The van der Waals surface area contributed by atoms with Gasteiger partial charge in [0.1, 0.15) is 12.4 Å². The summed E-state index contributed by atoms with van der Waals surface area (Å²) >= 11 is 0. The number of benzene rings is 2. The number of carbonyl (C=O) groups excluding carboxylic acids is 1. The van der Waals surface area contributed by atoms with E-state index in [1.165, 1.54) is 24.3 Å². The molecule has 0 aliphatic heterocycles. The normalized spacial score (nSPS) is 13.9. The van der Waals surface area contributed by atoms with Crippen LogP contribution in [0.15, 0.2) is 54.6 Å². The first-order chi connectivity index (χ1) is 22.4. The minimum atomic E-state index is -8.07. The number of ether oxygens (including phenoxy) is 2. The molecule has 2 N–H and O–H groups in total. The van der Waals surface area contributed by atoms with Gasteiger partial charge in [0.05, 0.1) is 13.1 Å². The van der Waals surface area contributed by atoms with Crippen molar-refractivity contribution in [1.29, 1.82) is 0 Å². The van der Waals surface area contributed by atoms with Gasteiger partial charge in [0.2, 0.25) is 0 Å². The Morgan fingerprint density at radius 3 is 1.84 bits per heavy atom. The summed E-state index contributed by atoms with van der Waals surface area (Å²) in [5.41, 5.74) is 0.990. The van der Waals surface area contributed by atoms with Crippen LogP contribution >= 0.6 is 0 Å². The van der Waals surface area contributed by atoms with E-state index in [-0.39, 0.29) is 36.6 Å². The van der Waals surface area contributed by atoms with E-state index in [0.29, 0.717) is 11.1 Å². The number of carbonyl (C=O) groups is 2. The lowest BCUT2D eigenvalue weighted by Crippen LogP contribution is -2.71. The van der Waals surface area contributed by atoms with Crippen molar-refractivity contribution in [2.24, 2.45) is 0 Å². The number of nitrogens with zero attached hydrogens (tertiary/aromatic N) is 1. The second-order valence-corrected chi connectivity index (χ2v) is 10.4. The van der Waals surface area contributed by atoms with Gasteiger partial charge in [0, 0.05) is 19.6 Å². The van der Waals surface area contributed by atoms with E-state index in [9.17, 15) is 71.8 Å². The number of alkyl halides is 13. The highest BCUT2D eigenvalue weighted by Gasteiger charge is 2.90. The lowest BCUT2D eigenvalue weighted by atomic mass is 9.93. The number of aliphatic carboxylic acids is 1. The molecule has 49 heavy (non-hydrogen) atoms. The average molecular weight is 733 g/mol. The second kappa shape index (κ2) is 15.7. The van der Waals surface area contributed by atoms with Gasteiger partial charge in [-0.1, -0.05) is 42.5 Å². The molecule has 1 unspecified atom stereocenters. The van der Waals surface area contributed by atoms with Crippen molar-refractivity contribution in [3.63, 3.8) is 0 Å². The SMILES string of the molecule is CCOC(Cc1ccc(OCCN(CC(F)(F)C(F)(F)C(F)(F)C(F)(F)C(F)(F)C(F)(F)F)C(=O)NCCc2ccccc2)cc1)C(=O)O. The highest BCUT2D eigenvalue weighted by atomic mass is 19.4. The summed E-state index contributed by atoms with van der Waals surface area (Å²) in [4.78, 5) is 23.7. The van der Waals surface area contributed by atoms with E-state index >= 15 is 0 Å². The Bertz CT molecular complexity index is 1370. The Hall–Kier alpha value is -3.97. The van der Waals surface area contributed by atoms with E-state index in [4.69, 9.17) is 9.47 Å². The lowest BCUT2D eigenvalue weighted by Gasteiger charge is -2.40. The summed E-state index contributed by atoms with van der Waals surface area (Å²) in [6.45, 7) is -3.62. The maximum Gasteiger partial charge on any atom is 0.460 e. The molecule has 1 atom stereocenters. The predicted octanol–water partition coefficient (Wildman–Crippen LogP) is 7.09. The summed E-state index contributed by atoms with van der Waals surface area (Å²) in [6, 6.07) is 11.4. The standard InChI is InChI=1S/C29H29F13N2O5/c1-2-48-21(22(45)46)16-19-8-10-20(11-9-19)49-15-14-44(23(47)43-13-12-18-6-4-3-5-7-18)17-24(30,31)25(32,33)26(34,35)27(36,37)28(38,39)29(40,41)42/h3-11,21H,2,12-17H2,1H3,(H,43,47)(H,45,46). The van der Waals surface area contributed by atoms with Gasteiger partial charge in [-0.3, -0.25) is 0 Å². The first kappa shape index (κ1) is 41.2. The van der Waals surface area contributed by atoms with Crippen molar-refractivity contribution >= 4 is 12.0 Å². The van der Waals surface area contributed by atoms with Crippen LogP contribution in [0.1, 0.15) is 18.1 Å². The van der Waals surface area contributed by atoms with Gasteiger partial charge in [-0.25, -0.2) is 9.59 Å². The molecule has 0 spiro atoms. The van der Waals surface area contributed by atoms with Crippen LogP contribution in [-0.2, 0) is 22.4 Å². The van der Waals surface area contributed by atoms with Gasteiger partial charge in [0.15, 0.2) is 6.10 Å². The highest BCUT2D eigenvalue weighted by Crippen LogP contribution is 2.60. The van der Waals surface area contributed by atoms with E-state index < -0.39 is 73.6 Å². The fraction of sp³-hybridized carbons (Fsp3) is 0.517. The molecule has 2 rings (SSSR count). The number of carboxylic acids is 1. The Morgan fingerprint density at radius 1 is 0.776 bits per heavy atom. The largest absolute Gasteiger partial charge is 0.492 e. The van der Waals surface area contributed by atoms with Crippen molar-refractivity contribution < 1.29 is 81.2 Å². The average Bonchev–Trinajstić information content (AvgIpc) is 3.00. The van der Waals surface area contributed by atoms with Gasteiger partial charge >= 0.3 is 47.8 Å². The summed E-state index contributed by atoms with van der Waals surface area (Å²) in [5, 5.41) is 11.2. The van der Waals surface area contributed by atoms with Crippen LogP contribution < -0.4 is 10.1 Å². The third-order valence-electron chi connectivity index (χ3n) is 6.83. The molecule has 0 aliphatic rings. The molecule has 0 fully saturated rings. The molecule has 2 aromatic carbocycles. The first-order valence-corrected chi connectivity index (χ1v) is 14.0. The zero-order chi connectivity index (χ0) is 37.5. The van der Waals surface area contributed by atoms with Crippen LogP contribution in [0.25, 0.3) is 0 Å². The Morgan fingerprint density at radius 2 is 1.33 bits per heavy atom. The molecule has 0 aliphatic carbocycles. The molecule has 2 amide bonds. The van der Waals surface area contributed by atoms with Crippen LogP contribution in [-0.4, -0.2) is 96.7 Å². The van der Waals surface area contributed by atoms with Crippen molar-refractivity contribution in [3.8, 4) is 5.75 Å². The third-order valence-corrected chi connectivity index (χ3v) is 6.83. The van der Waals surface area contributed by atoms with Crippen LogP contribution in [0, 0.1) is 0 Å². The van der Waals surface area contributed by atoms with E-state index in [1.54, 1.807) is 37.3 Å². The number of halogens is 13. The number of carboxylic acid groups (broad SMARTS) is 1. The molecule has 0 saturated carbocycles. The molecule has 0 bridgehead atoms. The number of hydrogen-bond donors (Lipinski definition) is 2. The molecular formula is C29H29F13N2O5. The third kappa shape index (κ3) is 9.39. The molecular weight excluding hydrogens is 703 g/mol. The van der Waals surface area contributed by atoms with Crippen LogP contribution in [0.2, 0.25) is 0 Å². The van der Waals surface area contributed by atoms with Crippen molar-refractivity contribution in [2.75, 3.05) is 32.8 Å².